The second-order valence-corrected chi connectivity index (χ2v) is 6.12. The largest absolute Gasteiger partial charge is 0.356 e. The van der Waals surface area contributed by atoms with Crippen LogP contribution in [0.2, 0.25) is 0 Å². The third kappa shape index (κ3) is 6.25. The number of hydrogen-bond donors (Lipinski definition) is 2. The van der Waals surface area contributed by atoms with Crippen LogP contribution in [0, 0.1) is 0 Å². The highest BCUT2D eigenvalue weighted by Gasteiger charge is 2.16. The summed E-state index contributed by atoms with van der Waals surface area (Å²) in [6.45, 7) is 2.59. The van der Waals surface area contributed by atoms with E-state index >= 15 is 0 Å². The van der Waals surface area contributed by atoms with E-state index in [4.69, 9.17) is 5.73 Å². The molecule has 2 aromatic carbocycles. The molecule has 2 aromatic rings. The van der Waals surface area contributed by atoms with Gasteiger partial charge in [-0.25, -0.2) is 0 Å². The van der Waals surface area contributed by atoms with Crippen LogP contribution >= 0.6 is 0 Å². The molecule has 0 aliphatic carbocycles. The minimum absolute atomic E-state index is 0.0930. The van der Waals surface area contributed by atoms with Gasteiger partial charge in [0, 0.05) is 19.0 Å². The zero-order valence-corrected chi connectivity index (χ0v) is 13.7. The maximum absolute atomic E-state index is 12.2. The summed E-state index contributed by atoms with van der Waals surface area (Å²) in [5, 5.41) is 2.98. The standard InChI is InChI=1S/C20H26N2O/c1-16(21)12-13-22-20(23)15-19(18-10-6-3-7-11-18)14-17-8-4-2-5-9-17/h2-11,16,19H,12-15,21H2,1H3,(H,22,23). The van der Waals surface area contributed by atoms with E-state index < -0.39 is 0 Å². The minimum atomic E-state index is 0.0930. The monoisotopic (exact) mass is 310 g/mol. The van der Waals surface area contributed by atoms with Crippen LogP contribution in [0.1, 0.15) is 36.8 Å². The Morgan fingerprint density at radius 1 is 1.04 bits per heavy atom. The Morgan fingerprint density at radius 2 is 1.65 bits per heavy atom. The molecule has 0 fully saturated rings. The van der Waals surface area contributed by atoms with Gasteiger partial charge in [0.05, 0.1) is 0 Å². The molecule has 0 aromatic heterocycles. The second-order valence-electron chi connectivity index (χ2n) is 6.12. The van der Waals surface area contributed by atoms with Crippen LogP contribution in [0.25, 0.3) is 0 Å². The average molecular weight is 310 g/mol. The first kappa shape index (κ1) is 17.2. The molecule has 1 amide bonds. The van der Waals surface area contributed by atoms with E-state index in [2.05, 4.69) is 29.6 Å². The van der Waals surface area contributed by atoms with Crippen LogP contribution in [0.3, 0.4) is 0 Å². The predicted octanol–water partition coefficient (Wildman–Crippen LogP) is 3.26. The molecule has 0 radical (unpaired) electrons. The lowest BCUT2D eigenvalue weighted by atomic mass is 9.89. The summed E-state index contributed by atoms with van der Waals surface area (Å²) in [4.78, 5) is 12.2. The van der Waals surface area contributed by atoms with Crippen molar-refractivity contribution in [1.29, 1.82) is 0 Å². The first-order valence-corrected chi connectivity index (χ1v) is 8.26. The molecule has 0 saturated carbocycles. The van der Waals surface area contributed by atoms with Crippen LogP contribution in [0.15, 0.2) is 60.7 Å². The minimum Gasteiger partial charge on any atom is -0.356 e. The van der Waals surface area contributed by atoms with Crippen molar-refractivity contribution in [2.24, 2.45) is 5.73 Å². The van der Waals surface area contributed by atoms with Crippen molar-refractivity contribution in [1.82, 2.24) is 5.32 Å². The Bertz CT molecular complexity index is 581. The van der Waals surface area contributed by atoms with Crippen LogP contribution in [0.5, 0.6) is 0 Å². The molecule has 0 saturated heterocycles. The van der Waals surface area contributed by atoms with Gasteiger partial charge in [-0.15, -0.1) is 0 Å². The molecular weight excluding hydrogens is 284 g/mol. The van der Waals surface area contributed by atoms with Gasteiger partial charge in [0.15, 0.2) is 0 Å². The number of carbonyl (C=O) groups is 1. The van der Waals surface area contributed by atoms with E-state index in [0.29, 0.717) is 13.0 Å². The number of hydrogen-bond acceptors (Lipinski definition) is 2. The second kappa shape index (κ2) is 9.11. The van der Waals surface area contributed by atoms with Gasteiger partial charge in [0.1, 0.15) is 0 Å². The zero-order valence-electron chi connectivity index (χ0n) is 13.7. The lowest BCUT2D eigenvalue weighted by Gasteiger charge is -2.18. The van der Waals surface area contributed by atoms with Crippen molar-refractivity contribution >= 4 is 5.91 Å². The highest BCUT2D eigenvalue weighted by molar-refractivity contribution is 5.76. The fourth-order valence-corrected chi connectivity index (χ4v) is 2.67. The molecule has 3 N–H and O–H groups in total. The van der Waals surface area contributed by atoms with Crippen LogP contribution in [0.4, 0.5) is 0 Å². The molecule has 23 heavy (non-hydrogen) atoms. The van der Waals surface area contributed by atoms with Gasteiger partial charge in [-0.2, -0.15) is 0 Å². The van der Waals surface area contributed by atoms with Gasteiger partial charge in [0.25, 0.3) is 0 Å². The van der Waals surface area contributed by atoms with Crippen molar-refractivity contribution in [3.05, 3.63) is 71.8 Å². The smallest absolute Gasteiger partial charge is 0.220 e. The highest BCUT2D eigenvalue weighted by Crippen LogP contribution is 2.24. The van der Waals surface area contributed by atoms with Crippen LogP contribution in [-0.4, -0.2) is 18.5 Å². The molecular formula is C20H26N2O. The Kier molecular flexibility index (Phi) is 6.82. The molecule has 3 nitrogen and oxygen atoms in total. The Morgan fingerprint density at radius 3 is 2.26 bits per heavy atom. The highest BCUT2D eigenvalue weighted by atomic mass is 16.1. The van der Waals surface area contributed by atoms with Gasteiger partial charge >= 0.3 is 0 Å². The normalized spacial score (nSPS) is 13.3. The van der Waals surface area contributed by atoms with Gasteiger partial charge in [-0.3, -0.25) is 4.79 Å². The van der Waals surface area contributed by atoms with Crippen molar-refractivity contribution in [3.63, 3.8) is 0 Å². The lowest BCUT2D eigenvalue weighted by Crippen LogP contribution is -2.30. The number of amides is 1. The van der Waals surface area contributed by atoms with Gasteiger partial charge < -0.3 is 11.1 Å². The molecule has 122 valence electrons. The van der Waals surface area contributed by atoms with Gasteiger partial charge in [-0.05, 0) is 36.8 Å². The van der Waals surface area contributed by atoms with E-state index in [-0.39, 0.29) is 17.9 Å². The molecule has 0 bridgehead atoms. The predicted molar refractivity (Wildman–Crippen MR) is 95.2 cm³/mol. The van der Waals surface area contributed by atoms with Crippen molar-refractivity contribution in [2.45, 2.75) is 38.1 Å². The Balaban J connectivity index is 2.01. The third-order valence-electron chi connectivity index (χ3n) is 3.95. The quantitative estimate of drug-likeness (QED) is 0.786. The summed E-state index contributed by atoms with van der Waals surface area (Å²) in [5.41, 5.74) is 8.18. The maximum atomic E-state index is 12.2. The Labute approximate surface area is 138 Å². The molecule has 0 spiro atoms. The van der Waals surface area contributed by atoms with Gasteiger partial charge in [-0.1, -0.05) is 60.7 Å². The number of benzene rings is 2. The fourth-order valence-electron chi connectivity index (χ4n) is 2.67. The third-order valence-corrected chi connectivity index (χ3v) is 3.95. The molecule has 0 heterocycles. The summed E-state index contributed by atoms with van der Waals surface area (Å²) >= 11 is 0. The van der Waals surface area contributed by atoms with Crippen molar-refractivity contribution < 1.29 is 4.79 Å². The van der Waals surface area contributed by atoms with E-state index in [1.807, 2.05) is 43.3 Å². The molecule has 2 unspecified atom stereocenters. The first-order chi connectivity index (χ1) is 11.1. The summed E-state index contributed by atoms with van der Waals surface area (Å²) in [6.07, 6.45) is 2.17. The number of nitrogens with one attached hydrogen (secondary N) is 1. The van der Waals surface area contributed by atoms with Crippen molar-refractivity contribution in [3.8, 4) is 0 Å². The number of rotatable bonds is 8. The molecule has 0 aliphatic heterocycles. The molecule has 2 rings (SSSR count). The van der Waals surface area contributed by atoms with Gasteiger partial charge in [0.2, 0.25) is 5.91 Å². The maximum Gasteiger partial charge on any atom is 0.220 e. The van der Waals surface area contributed by atoms with Crippen LogP contribution in [-0.2, 0) is 11.2 Å². The summed E-state index contributed by atoms with van der Waals surface area (Å²) < 4.78 is 0. The summed E-state index contributed by atoms with van der Waals surface area (Å²) in [7, 11) is 0. The van der Waals surface area contributed by atoms with E-state index in [0.717, 1.165) is 12.8 Å². The topological polar surface area (TPSA) is 55.1 Å². The van der Waals surface area contributed by atoms with Crippen molar-refractivity contribution in [2.75, 3.05) is 6.54 Å². The van der Waals surface area contributed by atoms with E-state index in [9.17, 15) is 4.79 Å². The number of nitrogens with two attached hydrogens (primary N) is 1. The molecule has 3 heteroatoms. The summed E-state index contributed by atoms with van der Waals surface area (Å²) in [5.74, 6) is 0.282. The van der Waals surface area contributed by atoms with E-state index in [1.54, 1.807) is 0 Å². The summed E-state index contributed by atoms with van der Waals surface area (Å²) in [6, 6.07) is 20.7. The van der Waals surface area contributed by atoms with Crippen LogP contribution < -0.4 is 11.1 Å². The fraction of sp³-hybridized carbons (Fsp3) is 0.350. The average Bonchev–Trinajstić information content (AvgIpc) is 2.56. The van der Waals surface area contributed by atoms with E-state index in [1.165, 1.54) is 11.1 Å². The lowest BCUT2D eigenvalue weighted by molar-refractivity contribution is -0.121. The Hall–Kier alpha value is -2.13. The molecule has 2 atom stereocenters. The first-order valence-electron chi connectivity index (χ1n) is 8.26. The zero-order chi connectivity index (χ0) is 16.5. The number of carbonyl (C=O) groups excluding carboxylic acids is 1. The SMILES string of the molecule is CC(N)CCNC(=O)CC(Cc1ccccc1)c1ccccc1. The molecule has 0 aliphatic rings.